The minimum Gasteiger partial charge on any atom is -0.462 e. The van der Waals surface area contributed by atoms with E-state index in [1.54, 1.807) is 0 Å². The second-order valence-corrected chi connectivity index (χ2v) is 8.40. The zero-order valence-corrected chi connectivity index (χ0v) is 17.2. The molecule has 0 aromatic carbocycles. The molecular weight excluding hydrogens is 340 g/mol. The Balaban J connectivity index is 4.12. The average molecular weight is 377 g/mol. The molecule has 0 aliphatic heterocycles. The fraction of sp³-hybridized carbons (Fsp3) is 0.833. The second kappa shape index (κ2) is 16.7. The van der Waals surface area contributed by atoms with E-state index >= 15 is 0 Å². The van der Waals surface area contributed by atoms with Gasteiger partial charge in [-0.2, -0.15) is 0 Å². The number of esters is 1. The van der Waals surface area contributed by atoms with E-state index in [0.29, 0.717) is 46.1 Å². The summed E-state index contributed by atoms with van der Waals surface area (Å²) in [6.07, 6.45) is 5.50. The summed E-state index contributed by atoms with van der Waals surface area (Å²) in [5.74, 6) is -0.398. The van der Waals surface area contributed by atoms with Crippen LogP contribution in [-0.4, -0.2) is 54.4 Å². The Morgan fingerprint density at radius 2 is 1.36 bits per heavy atom. The highest BCUT2D eigenvalue weighted by Gasteiger charge is 2.40. The van der Waals surface area contributed by atoms with Crippen LogP contribution in [0.3, 0.4) is 0 Å². The maximum atomic E-state index is 10.9. The molecule has 0 fully saturated rings. The van der Waals surface area contributed by atoms with E-state index in [1.807, 2.05) is 0 Å². The fourth-order valence-corrected chi connectivity index (χ4v) is 4.81. The van der Waals surface area contributed by atoms with Crippen molar-refractivity contribution in [2.75, 3.05) is 39.6 Å². The highest BCUT2D eigenvalue weighted by molar-refractivity contribution is 6.60. The average Bonchev–Trinajstić information content (AvgIpc) is 2.64. The van der Waals surface area contributed by atoms with Gasteiger partial charge in [-0.15, -0.1) is 0 Å². The van der Waals surface area contributed by atoms with Gasteiger partial charge < -0.3 is 22.8 Å². The molecule has 6 nitrogen and oxygen atoms in total. The molecule has 0 atom stereocenters. The van der Waals surface area contributed by atoms with E-state index in [1.165, 1.54) is 0 Å². The molecule has 148 valence electrons. The third kappa shape index (κ3) is 13.2. The first-order valence-corrected chi connectivity index (χ1v) is 11.4. The summed E-state index contributed by atoms with van der Waals surface area (Å²) in [5.41, 5.74) is 0. The molecule has 0 spiro atoms. The molecule has 0 heterocycles. The van der Waals surface area contributed by atoms with Crippen LogP contribution in [0.5, 0.6) is 0 Å². The molecule has 0 aliphatic rings. The lowest BCUT2D eigenvalue weighted by molar-refractivity contribution is -0.138. The maximum absolute atomic E-state index is 10.9. The summed E-state index contributed by atoms with van der Waals surface area (Å²) < 4.78 is 28.6. The lowest BCUT2D eigenvalue weighted by Crippen LogP contribution is -2.46. The molecule has 0 unspecified atom stereocenters. The van der Waals surface area contributed by atoms with Gasteiger partial charge >= 0.3 is 14.8 Å². The number of rotatable bonds is 18. The van der Waals surface area contributed by atoms with Gasteiger partial charge in [0.15, 0.2) is 0 Å². The Labute approximate surface area is 154 Å². The molecular formula is C18H36O6Si. The number of ether oxygens (including phenoxy) is 2. The molecule has 0 saturated heterocycles. The van der Waals surface area contributed by atoms with Crippen molar-refractivity contribution in [3.8, 4) is 0 Å². The summed E-state index contributed by atoms with van der Waals surface area (Å²) in [5, 5.41) is 0. The van der Waals surface area contributed by atoms with Gasteiger partial charge in [0, 0.05) is 51.6 Å². The summed E-state index contributed by atoms with van der Waals surface area (Å²) >= 11 is 0. The van der Waals surface area contributed by atoms with Gasteiger partial charge in [0.1, 0.15) is 0 Å². The molecule has 0 N–H and O–H groups in total. The zero-order valence-electron chi connectivity index (χ0n) is 16.2. The van der Waals surface area contributed by atoms with Crippen molar-refractivity contribution in [1.29, 1.82) is 0 Å². The van der Waals surface area contributed by atoms with Crippen molar-refractivity contribution in [1.82, 2.24) is 0 Å². The van der Waals surface area contributed by atoms with Crippen LogP contribution in [0.2, 0.25) is 6.04 Å². The molecule has 0 bridgehead atoms. The topological polar surface area (TPSA) is 63.2 Å². The molecule has 7 heteroatoms. The van der Waals surface area contributed by atoms with Gasteiger partial charge in [-0.05, 0) is 25.7 Å². The molecule has 0 aromatic rings. The first kappa shape index (κ1) is 24.3. The van der Waals surface area contributed by atoms with Crippen LogP contribution in [0.4, 0.5) is 0 Å². The molecule has 0 radical (unpaired) electrons. The third-order valence-electron chi connectivity index (χ3n) is 3.19. The fourth-order valence-electron chi connectivity index (χ4n) is 2.00. The number of hydrogen-bond acceptors (Lipinski definition) is 6. The van der Waals surface area contributed by atoms with Gasteiger partial charge in [0.2, 0.25) is 0 Å². The number of carbonyl (C=O) groups excluding carboxylic acids is 1. The maximum Gasteiger partial charge on any atom is 0.501 e. The van der Waals surface area contributed by atoms with Crippen molar-refractivity contribution in [3.05, 3.63) is 12.7 Å². The second-order valence-electron chi connectivity index (χ2n) is 5.67. The van der Waals surface area contributed by atoms with Crippen LogP contribution in [0.15, 0.2) is 12.7 Å². The van der Waals surface area contributed by atoms with Crippen LogP contribution in [0.1, 0.15) is 52.9 Å². The lowest BCUT2D eigenvalue weighted by atomic mass is 10.5. The Morgan fingerprint density at radius 3 is 1.84 bits per heavy atom. The van der Waals surface area contributed by atoms with Crippen molar-refractivity contribution in [2.45, 2.75) is 58.9 Å². The highest BCUT2D eigenvalue weighted by atomic mass is 28.4. The highest BCUT2D eigenvalue weighted by Crippen LogP contribution is 2.19. The van der Waals surface area contributed by atoms with E-state index < -0.39 is 14.8 Å². The van der Waals surface area contributed by atoms with Gasteiger partial charge in [-0.25, -0.2) is 4.79 Å². The third-order valence-corrected chi connectivity index (χ3v) is 6.09. The van der Waals surface area contributed by atoms with E-state index in [9.17, 15) is 4.79 Å². The molecule has 0 amide bonds. The van der Waals surface area contributed by atoms with Crippen molar-refractivity contribution < 1.29 is 27.5 Å². The van der Waals surface area contributed by atoms with Crippen LogP contribution < -0.4 is 0 Å². The lowest BCUT2D eigenvalue weighted by Gasteiger charge is -2.29. The SMILES string of the molecule is C=CC(=O)OCCCOCCC[Si](OCCC)(OCCC)OCCC. The number of hydrogen-bond donors (Lipinski definition) is 0. The minimum absolute atomic E-state index is 0.350. The molecule has 25 heavy (non-hydrogen) atoms. The van der Waals surface area contributed by atoms with Crippen molar-refractivity contribution in [3.63, 3.8) is 0 Å². The van der Waals surface area contributed by atoms with Gasteiger partial charge in [0.25, 0.3) is 0 Å². The van der Waals surface area contributed by atoms with Crippen LogP contribution >= 0.6 is 0 Å². The van der Waals surface area contributed by atoms with Gasteiger partial charge in [0.05, 0.1) is 6.61 Å². The van der Waals surface area contributed by atoms with E-state index in [0.717, 1.165) is 37.8 Å². The normalized spacial score (nSPS) is 11.5. The van der Waals surface area contributed by atoms with Crippen molar-refractivity contribution >= 4 is 14.8 Å². The molecule has 0 saturated carbocycles. The summed E-state index contributed by atoms with van der Waals surface area (Å²) in [4.78, 5) is 10.9. The first-order valence-electron chi connectivity index (χ1n) is 9.42. The van der Waals surface area contributed by atoms with Crippen LogP contribution in [0.25, 0.3) is 0 Å². The molecule has 0 rings (SSSR count). The summed E-state index contributed by atoms with van der Waals surface area (Å²) in [6, 6.07) is 0.762. The minimum atomic E-state index is -2.61. The predicted octanol–water partition coefficient (Wildman–Crippen LogP) is 3.73. The zero-order chi connectivity index (χ0) is 18.8. The Hall–Kier alpha value is -0.733. The van der Waals surface area contributed by atoms with Gasteiger partial charge in [-0.3, -0.25) is 0 Å². The number of carbonyl (C=O) groups is 1. The van der Waals surface area contributed by atoms with Crippen molar-refractivity contribution in [2.24, 2.45) is 0 Å². The largest absolute Gasteiger partial charge is 0.501 e. The quantitative estimate of drug-likeness (QED) is 0.157. The van der Waals surface area contributed by atoms with E-state index in [4.69, 9.17) is 22.8 Å². The smallest absolute Gasteiger partial charge is 0.462 e. The Kier molecular flexibility index (Phi) is 16.2. The molecule has 0 aliphatic carbocycles. The molecule has 0 aromatic heterocycles. The Bertz CT molecular complexity index is 316. The van der Waals surface area contributed by atoms with Crippen LogP contribution in [-0.2, 0) is 27.5 Å². The standard InChI is InChI=1S/C18H36O6Si/c1-5-11-22-25(23-12-6-2,24-13-7-3)17-10-15-20-14-9-16-21-18(19)8-4/h8H,4-7,9-17H2,1-3H3. The van der Waals surface area contributed by atoms with E-state index in [-0.39, 0.29) is 0 Å². The Morgan fingerprint density at radius 1 is 0.840 bits per heavy atom. The predicted molar refractivity (Wildman–Crippen MR) is 100 cm³/mol. The monoisotopic (exact) mass is 376 g/mol. The first-order chi connectivity index (χ1) is 12.1. The summed E-state index contributed by atoms with van der Waals surface area (Å²) in [6.45, 7) is 13.1. The summed E-state index contributed by atoms with van der Waals surface area (Å²) in [7, 11) is -2.61. The van der Waals surface area contributed by atoms with Crippen LogP contribution in [0, 0.1) is 0 Å². The van der Waals surface area contributed by atoms with Gasteiger partial charge in [-0.1, -0.05) is 27.4 Å². The van der Waals surface area contributed by atoms with E-state index in [2.05, 4.69) is 27.4 Å².